The molecule has 2 rings (SSSR count). The van der Waals surface area contributed by atoms with Gasteiger partial charge in [0.05, 0.1) is 0 Å². The predicted octanol–water partition coefficient (Wildman–Crippen LogP) is 2.75. The fourth-order valence-electron chi connectivity index (χ4n) is 1.17. The van der Waals surface area contributed by atoms with E-state index in [9.17, 15) is 0 Å². The van der Waals surface area contributed by atoms with Gasteiger partial charge in [-0.3, -0.25) is 0 Å². The molecule has 1 aliphatic carbocycles. The summed E-state index contributed by atoms with van der Waals surface area (Å²) in [5.74, 6) is 1.26. The zero-order chi connectivity index (χ0) is 9.26. The highest BCUT2D eigenvalue weighted by molar-refractivity contribution is 5.18. The molecule has 13 heavy (non-hydrogen) atoms. The van der Waals surface area contributed by atoms with E-state index in [2.05, 4.69) is 18.8 Å². The maximum Gasteiger partial charge on any atom is 0.213 e. The van der Waals surface area contributed by atoms with Gasteiger partial charge in [-0.1, -0.05) is 19.9 Å². The van der Waals surface area contributed by atoms with E-state index in [-0.39, 0.29) is 0 Å². The zero-order valence-corrected chi connectivity index (χ0v) is 8.16. The van der Waals surface area contributed by atoms with Crippen molar-refractivity contribution in [2.45, 2.75) is 38.7 Å². The van der Waals surface area contributed by atoms with Crippen LogP contribution >= 0.6 is 0 Å². The van der Waals surface area contributed by atoms with Gasteiger partial charge in [-0.2, -0.15) is 0 Å². The minimum Gasteiger partial charge on any atom is -0.474 e. The lowest BCUT2D eigenvalue weighted by Crippen LogP contribution is -2.00. The lowest BCUT2D eigenvalue weighted by Gasteiger charge is -2.07. The highest BCUT2D eigenvalue weighted by Crippen LogP contribution is 2.26. The van der Waals surface area contributed by atoms with Crippen LogP contribution in [0.5, 0.6) is 5.88 Å². The molecule has 2 nitrogen and oxygen atoms in total. The average molecular weight is 177 g/mol. The first-order chi connectivity index (χ1) is 6.25. The fourth-order valence-corrected chi connectivity index (χ4v) is 1.17. The largest absolute Gasteiger partial charge is 0.474 e. The van der Waals surface area contributed by atoms with Crippen LogP contribution in [0.25, 0.3) is 0 Å². The van der Waals surface area contributed by atoms with Gasteiger partial charge in [0.1, 0.15) is 6.10 Å². The first-order valence-corrected chi connectivity index (χ1v) is 4.89. The molecule has 0 N–H and O–H groups in total. The molecule has 0 amide bonds. The van der Waals surface area contributed by atoms with Crippen molar-refractivity contribution < 1.29 is 4.74 Å². The molecule has 0 aromatic carbocycles. The third-order valence-corrected chi connectivity index (χ3v) is 2.15. The topological polar surface area (TPSA) is 22.1 Å². The van der Waals surface area contributed by atoms with E-state index in [0.717, 1.165) is 11.6 Å². The summed E-state index contributed by atoms with van der Waals surface area (Å²) in [6.07, 6.45) is 2.82. The Morgan fingerprint density at radius 2 is 2.15 bits per heavy atom. The molecule has 0 bridgehead atoms. The third-order valence-electron chi connectivity index (χ3n) is 2.15. The summed E-state index contributed by atoms with van der Waals surface area (Å²) in [6, 6.07) is 5.99. The van der Waals surface area contributed by atoms with Crippen molar-refractivity contribution in [1.82, 2.24) is 4.98 Å². The van der Waals surface area contributed by atoms with Crippen molar-refractivity contribution in [1.29, 1.82) is 0 Å². The van der Waals surface area contributed by atoms with Crippen LogP contribution in [0.2, 0.25) is 0 Å². The number of hydrogen-bond donors (Lipinski definition) is 0. The smallest absolute Gasteiger partial charge is 0.213 e. The van der Waals surface area contributed by atoms with Crippen LogP contribution in [0.4, 0.5) is 0 Å². The van der Waals surface area contributed by atoms with E-state index < -0.39 is 0 Å². The Morgan fingerprint density at radius 3 is 2.77 bits per heavy atom. The van der Waals surface area contributed by atoms with Crippen molar-refractivity contribution in [2.75, 3.05) is 0 Å². The Bertz CT molecular complexity index is 292. The maximum atomic E-state index is 5.60. The molecule has 1 aliphatic rings. The van der Waals surface area contributed by atoms with Crippen molar-refractivity contribution in [3.05, 3.63) is 23.9 Å². The first-order valence-electron chi connectivity index (χ1n) is 4.89. The SMILES string of the molecule is CC(C)c1cccc(OC2CC2)n1. The number of pyridine rings is 1. The molecule has 0 spiro atoms. The van der Waals surface area contributed by atoms with Crippen LogP contribution in [0, 0.1) is 0 Å². The Morgan fingerprint density at radius 1 is 1.38 bits per heavy atom. The van der Waals surface area contributed by atoms with Gasteiger partial charge in [0.25, 0.3) is 0 Å². The minimum absolute atomic E-state index is 0.440. The molecule has 0 radical (unpaired) electrons. The van der Waals surface area contributed by atoms with Gasteiger partial charge >= 0.3 is 0 Å². The predicted molar refractivity (Wildman–Crippen MR) is 52.0 cm³/mol. The number of hydrogen-bond acceptors (Lipinski definition) is 2. The van der Waals surface area contributed by atoms with Gasteiger partial charge in [0.2, 0.25) is 5.88 Å². The van der Waals surface area contributed by atoms with Crippen LogP contribution in [-0.2, 0) is 0 Å². The summed E-state index contributed by atoms with van der Waals surface area (Å²) < 4.78 is 5.60. The Balaban J connectivity index is 2.11. The van der Waals surface area contributed by atoms with Crippen LogP contribution < -0.4 is 4.74 Å². The summed E-state index contributed by atoms with van der Waals surface area (Å²) in [5.41, 5.74) is 1.11. The molecule has 0 atom stereocenters. The van der Waals surface area contributed by atoms with Gasteiger partial charge in [-0.15, -0.1) is 0 Å². The molecule has 70 valence electrons. The summed E-state index contributed by atoms with van der Waals surface area (Å²) in [4.78, 5) is 4.43. The molecule has 1 aromatic heterocycles. The van der Waals surface area contributed by atoms with Crippen LogP contribution in [0.1, 0.15) is 38.3 Å². The molecule has 1 aromatic rings. The Kier molecular flexibility index (Phi) is 2.21. The van der Waals surface area contributed by atoms with Crippen molar-refractivity contribution in [3.8, 4) is 5.88 Å². The van der Waals surface area contributed by atoms with Crippen LogP contribution in [-0.4, -0.2) is 11.1 Å². The molecule has 1 saturated carbocycles. The lowest BCUT2D eigenvalue weighted by molar-refractivity contribution is 0.290. The second kappa shape index (κ2) is 3.36. The Labute approximate surface area is 78.9 Å². The van der Waals surface area contributed by atoms with E-state index in [4.69, 9.17) is 4.74 Å². The molecule has 1 heterocycles. The van der Waals surface area contributed by atoms with E-state index in [0.29, 0.717) is 12.0 Å². The molecule has 0 unspecified atom stereocenters. The average Bonchev–Trinajstić information content (AvgIpc) is 2.89. The highest BCUT2D eigenvalue weighted by atomic mass is 16.5. The molecular formula is C11H15NO. The fraction of sp³-hybridized carbons (Fsp3) is 0.545. The van der Waals surface area contributed by atoms with E-state index >= 15 is 0 Å². The minimum atomic E-state index is 0.440. The number of ether oxygens (including phenoxy) is 1. The lowest BCUT2D eigenvalue weighted by atomic mass is 10.1. The summed E-state index contributed by atoms with van der Waals surface area (Å²) >= 11 is 0. The van der Waals surface area contributed by atoms with Gasteiger partial charge in [0.15, 0.2) is 0 Å². The summed E-state index contributed by atoms with van der Waals surface area (Å²) in [6.45, 7) is 4.28. The van der Waals surface area contributed by atoms with Gasteiger partial charge in [-0.25, -0.2) is 4.98 Å². The second-order valence-electron chi connectivity index (χ2n) is 3.87. The Hall–Kier alpha value is -1.05. The number of aromatic nitrogens is 1. The van der Waals surface area contributed by atoms with Gasteiger partial charge < -0.3 is 4.74 Å². The zero-order valence-electron chi connectivity index (χ0n) is 8.16. The van der Waals surface area contributed by atoms with Gasteiger partial charge in [-0.05, 0) is 24.8 Å². The van der Waals surface area contributed by atoms with Gasteiger partial charge in [0, 0.05) is 11.8 Å². The monoisotopic (exact) mass is 177 g/mol. The maximum absolute atomic E-state index is 5.60. The molecular weight excluding hydrogens is 162 g/mol. The molecule has 2 heteroatoms. The molecule has 1 fully saturated rings. The third kappa shape index (κ3) is 2.20. The van der Waals surface area contributed by atoms with Crippen molar-refractivity contribution in [2.24, 2.45) is 0 Å². The van der Waals surface area contributed by atoms with E-state index in [1.54, 1.807) is 0 Å². The first kappa shape index (κ1) is 8.54. The van der Waals surface area contributed by atoms with E-state index in [1.165, 1.54) is 12.8 Å². The summed E-state index contributed by atoms with van der Waals surface area (Å²) in [5, 5.41) is 0. The molecule has 0 saturated heterocycles. The second-order valence-corrected chi connectivity index (χ2v) is 3.87. The normalized spacial score (nSPS) is 16.2. The number of rotatable bonds is 3. The summed E-state index contributed by atoms with van der Waals surface area (Å²) in [7, 11) is 0. The standard InChI is InChI=1S/C11H15NO/c1-8(2)10-4-3-5-11(12-10)13-9-6-7-9/h3-5,8-9H,6-7H2,1-2H3. The van der Waals surface area contributed by atoms with Crippen molar-refractivity contribution >= 4 is 0 Å². The highest BCUT2D eigenvalue weighted by Gasteiger charge is 2.23. The van der Waals surface area contributed by atoms with Crippen molar-refractivity contribution in [3.63, 3.8) is 0 Å². The van der Waals surface area contributed by atoms with E-state index in [1.807, 2.05) is 18.2 Å². The van der Waals surface area contributed by atoms with Crippen LogP contribution in [0.15, 0.2) is 18.2 Å². The number of nitrogens with zero attached hydrogens (tertiary/aromatic N) is 1. The molecule has 0 aliphatic heterocycles. The van der Waals surface area contributed by atoms with Crippen LogP contribution in [0.3, 0.4) is 0 Å². The quantitative estimate of drug-likeness (QED) is 0.708.